The molecule has 1 N–H and O–H groups in total. The van der Waals surface area contributed by atoms with Crippen molar-refractivity contribution in [1.29, 1.82) is 0 Å². The standard InChI is InChI=1S/C19H22N2O4/c1-2-7-20-18(22)13-21-8-5-14(6-9-21)19(23)15-3-4-16-17(12-15)25-11-10-24-16/h1,3-4,12,14H,5-11,13H2,(H,20,22). The molecule has 1 amide bonds. The van der Waals surface area contributed by atoms with Crippen molar-refractivity contribution in [2.75, 3.05) is 39.4 Å². The molecule has 3 rings (SSSR count). The van der Waals surface area contributed by atoms with Gasteiger partial charge in [-0.25, -0.2) is 0 Å². The van der Waals surface area contributed by atoms with Crippen molar-refractivity contribution >= 4 is 11.7 Å². The predicted octanol–water partition coefficient (Wildman–Crippen LogP) is 1.10. The molecule has 0 spiro atoms. The van der Waals surface area contributed by atoms with E-state index in [1.54, 1.807) is 18.2 Å². The van der Waals surface area contributed by atoms with Crippen molar-refractivity contribution in [2.45, 2.75) is 12.8 Å². The van der Waals surface area contributed by atoms with E-state index in [2.05, 4.69) is 16.1 Å². The van der Waals surface area contributed by atoms with Crippen LogP contribution in [0.2, 0.25) is 0 Å². The largest absolute Gasteiger partial charge is 0.486 e. The van der Waals surface area contributed by atoms with Gasteiger partial charge in [0, 0.05) is 11.5 Å². The Morgan fingerprint density at radius 2 is 1.92 bits per heavy atom. The van der Waals surface area contributed by atoms with Crippen LogP contribution in [0.5, 0.6) is 11.5 Å². The number of fused-ring (bicyclic) bond motifs is 1. The van der Waals surface area contributed by atoms with Gasteiger partial charge in [0.15, 0.2) is 17.3 Å². The number of hydrogen-bond donors (Lipinski definition) is 1. The summed E-state index contributed by atoms with van der Waals surface area (Å²) in [6.07, 6.45) is 6.62. The smallest absolute Gasteiger partial charge is 0.234 e. The number of piperidine rings is 1. The van der Waals surface area contributed by atoms with Crippen molar-refractivity contribution in [3.63, 3.8) is 0 Å². The minimum absolute atomic E-state index is 0.0208. The molecule has 1 saturated heterocycles. The highest BCUT2D eigenvalue weighted by Crippen LogP contribution is 2.32. The number of nitrogens with zero attached hydrogens (tertiary/aromatic N) is 1. The molecule has 6 nitrogen and oxygen atoms in total. The first-order chi connectivity index (χ1) is 12.2. The molecule has 0 saturated carbocycles. The van der Waals surface area contributed by atoms with Crippen LogP contribution >= 0.6 is 0 Å². The molecule has 0 atom stereocenters. The van der Waals surface area contributed by atoms with E-state index >= 15 is 0 Å². The van der Waals surface area contributed by atoms with E-state index < -0.39 is 0 Å². The number of Topliss-reactive ketones (excluding diaryl/α,β-unsaturated/α-hetero) is 1. The number of rotatable bonds is 5. The number of terminal acetylenes is 1. The summed E-state index contributed by atoms with van der Waals surface area (Å²) >= 11 is 0. The van der Waals surface area contributed by atoms with Gasteiger partial charge in [-0.05, 0) is 44.1 Å². The van der Waals surface area contributed by atoms with Crippen molar-refractivity contribution in [3.8, 4) is 23.8 Å². The van der Waals surface area contributed by atoms with Crippen LogP contribution in [0.25, 0.3) is 0 Å². The summed E-state index contributed by atoms with van der Waals surface area (Å²) in [5.41, 5.74) is 0.662. The number of ketones is 1. The molecule has 6 heteroatoms. The third-order valence-electron chi connectivity index (χ3n) is 4.54. The lowest BCUT2D eigenvalue weighted by molar-refractivity contribution is -0.122. The number of benzene rings is 1. The number of carbonyl (C=O) groups excluding carboxylic acids is 2. The Morgan fingerprint density at radius 3 is 2.64 bits per heavy atom. The molecule has 1 aromatic carbocycles. The van der Waals surface area contributed by atoms with Crippen LogP contribution in [0, 0.1) is 18.3 Å². The SMILES string of the molecule is C#CCNC(=O)CN1CCC(C(=O)c2ccc3c(c2)OCCO3)CC1. The Kier molecular flexibility index (Phi) is 5.56. The lowest BCUT2D eigenvalue weighted by Gasteiger charge is -2.30. The van der Waals surface area contributed by atoms with E-state index in [1.165, 1.54) is 0 Å². The van der Waals surface area contributed by atoms with Crippen LogP contribution in [0.3, 0.4) is 0 Å². The van der Waals surface area contributed by atoms with Gasteiger partial charge in [-0.1, -0.05) is 5.92 Å². The minimum atomic E-state index is -0.0745. The molecule has 2 aliphatic heterocycles. The summed E-state index contributed by atoms with van der Waals surface area (Å²) < 4.78 is 11.0. The molecule has 0 bridgehead atoms. The Balaban J connectivity index is 1.53. The first kappa shape index (κ1) is 17.3. The quantitative estimate of drug-likeness (QED) is 0.641. The fourth-order valence-corrected chi connectivity index (χ4v) is 3.19. The van der Waals surface area contributed by atoms with Gasteiger partial charge in [0.2, 0.25) is 5.91 Å². The van der Waals surface area contributed by atoms with Crippen molar-refractivity contribution in [2.24, 2.45) is 5.92 Å². The highest BCUT2D eigenvalue weighted by Gasteiger charge is 2.27. The molecule has 0 unspecified atom stereocenters. The van der Waals surface area contributed by atoms with Crippen molar-refractivity contribution in [3.05, 3.63) is 23.8 Å². The third-order valence-corrected chi connectivity index (χ3v) is 4.54. The average Bonchev–Trinajstić information content (AvgIpc) is 2.66. The number of amides is 1. The molecule has 0 radical (unpaired) electrons. The number of carbonyl (C=O) groups is 2. The van der Waals surface area contributed by atoms with E-state index in [-0.39, 0.29) is 24.2 Å². The fourth-order valence-electron chi connectivity index (χ4n) is 3.19. The number of ether oxygens (including phenoxy) is 2. The normalized spacial score (nSPS) is 17.6. The van der Waals surface area contributed by atoms with Crippen LogP contribution in [0.1, 0.15) is 23.2 Å². The Morgan fingerprint density at radius 1 is 1.20 bits per heavy atom. The van der Waals surface area contributed by atoms with E-state index in [9.17, 15) is 9.59 Å². The van der Waals surface area contributed by atoms with Gasteiger partial charge in [-0.3, -0.25) is 14.5 Å². The molecule has 0 aliphatic carbocycles. The van der Waals surface area contributed by atoms with E-state index in [1.807, 2.05) is 0 Å². The lowest BCUT2D eigenvalue weighted by atomic mass is 9.88. The van der Waals surface area contributed by atoms with Crippen LogP contribution in [-0.4, -0.2) is 56.0 Å². The zero-order chi connectivity index (χ0) is 17.6. The van der Waals surface area contributed by atoms with Crippen LogP contribution in [0.4, 0.5) is 0 Å². The van der Waals surface area contributed by atoms with Gasteiger partial charge in [-0.15, -0.1) is 6.42 Å². The minimum Gasteiger partial charge on any atom is -0.486 e. The van der Waals surface area contributed by atoms with E-state index in [4.69, 9.17) is 15.9 Å². The second-order valence-electron chi connectivity index (χ2n) is 6.25. The highest BCUT2D eigenvalue weighted by atomic mass is 16.6. The molecule has 1 fully saturated rings. The molecule has 2 heterocycles. The zero-order valence-corrected chi connectivity index (χ0v) is 14.1. The molecule has 2 aliphatic rings. The van der Waals surface area contributed by atoms with Gasteiger partial charge in [0.25, 0.3) is 0 Å². The van der Waals surface area contributed by atoms with Gasteiger partial charge in [0.05, 0.1) is 13.1 Å². The average molecular weight is 342 g/mol. The third kappa shape index (κ3) is 4.31. The van der Waals surface area contributed by atoms with E-state index in [0.29, 0.717) is 36.8 Å². The summed E-state index contributed by atoms with van der Waals surface area (Å²) in [6, 6.07) is 5.37. The fraction of sp³-hybridized carbons (Fsp3) is 0.474. The zero-order valence-electron chi connectivity index (χ0n) is 14.1. The molecule has 0 aromatic heterocycles. The van der Waals surface area contributed by atoms with Crippen LogP contribution in [0.15, 0.2) is 18.2 Å². The summed E-state index contributed by atoms with van der Waals surface area (Å²) in [6.45, 7) is 3.07. The van der Waals surface area contributed by atoms with E-state index in [0.717, 1.165) is 25.9 Å². The maximum absolute atomic E-state index is 12.7. The second-order valence-corrected chi connectivity index (χ2v) is 6.25. The van der Waals surface area contributed by atoms with Crippen LogP contribution in [-0.2, 0) is 4.79 Å². The maximum atomic E-state index is 12.7. The molecule has 25 heavy (non-hydrogen) atoms. The molecule has 1 aromatic rings. The Labute approximate surface area is 147 Å². The predicted molar refractivity (Wildman–Crippen MR) is 92.8 cm³/mol. The summed E-state index contributed by atoms with van der Waals surface area (Å²) in [5, 5.41) is 2.66. The van der Waals surface area contributed by atoms with Gasteiger partial charge in [-0.2, -0.15) is 0 Å². The van der Waals surface area contributed by atoms with Crippen molar-refractivity contribution in [1.82, 2.24) is 10.2 Å². The number of hydrogen-bond acceptors (Lipinski definition) is 5. The first-order valence-electron chi connectivity index (χ1n) is 8.54. The van der Waals surface area contributed by atoms with Gasteiger partial charge < -0.3 is 14.8 Å². The molecule has 132 valence electrons. The van der Waals surface area contributed by atoms with Crippen LogP contribution < -0.4 is 14.8 Å². The maximum Gasteiger partial charge on any atom is 0.234 e. The Hall–Kier alpha value is -2.52. The summed E-state index contributed by atoms with van der Waals surface area (Å²) in [5.74, 6) is 3.75. The van der Waals surface area contributed by atoms with Gasteiger partial charge in [0.1, 0.15) is 13.2 Å². The topological polar surface area (TPSA) is 67.9 Å². The Bertz CT molecular complexity index is 687. The summed E-state index contributed by atoms with van der Waals surface area (Å²) in [7, 11) is 0. The molecular weight excluding hydrogens is 320 g/mol. The number of likely N-dealkylation sites (tertiary alicyclic amines) is 1. The number of nitrogens with one attached hydrogen (secondary N) is 1. The van der Waals surface area contributed by atoms with Crippen molar-refractivity contribution < 1.29 is 19.1 Å². The van der Waals surface area contributed by atoms with Gasteiger partial charge >= 0.3 is 0 Å². The molecular formula is C19H22N2O4. The lowest BCUT2D eigenvalue weighted by Crippen LogP contribution is -2.42. The monoisotopic (exact) mass is 342 g/mol. The first-order valence-corrected chi connectivity index (χ1v) is 8.54. The highest BCUT2D eigenvalue weighted by molar-refractivity contribution is 5.98. The second kappa shape index (κ2) is 8.04. The summed E-state index contributed by atoms with van der Waals surface area (Å²) in [4.78, 5) is 26.5.